The Bertz CT molecular complexity index is 994. The Morgan fingerprint density at radius 3 is 2.14 bits per heavy atom. The van der Waals surface area contributed by atoms with Crippen LogP contribution in [0, 0.1) is 30.6 Å². The van der Waals surface area contributed by atoms with E-state index in [1.807, 2.05) is 31.2 Å². The van der Waals surface area contributed by atoms with E-state index in [4.69, 9.17) is 0 Å². The van der Waals surface area contributed by atoms with Gasteiger partial charge in [0, 0.05) is 11.3 Å². The Balaban J connectivity index is 1.36. The molecule has 2 bridgehead atoms. The third-order valence-corrected chi connectivity index (χ3v) is 6.25. The van der Waals surface area contributed by atoms with Crippen LogP contribution in [-0.2, 0) is 9.59 Å². The molecule has 1 aliphatic heterocycles. The molecule has 2 aliphatic carbocycles. The van der Waals surface area contributed by atoms with Gasteiger partial charge in [-0.15, -0.1) is 0 Å². The van der Waals surface area contributed by atoms with Crippen LogP contribution in [0.15, 0.2) is 60.7 Å². The molecule has 5 rings (SSSR count). The normalized spacial score (nSPS) is 27.4. The van der Waals surface area contributed by atoms with Crippen LogP contribution in [0.25, 0.3) is 0 Å². The van der Waals surface area contributed by atoms with Crippen LogP contribution in [0.5, 0.6) is 0 Å². The van der Waals surface area contributed by atoms with Crippen molar-refractivity contribution in [3.8, 4) is 0 Å². The number of rotatable bonds is 3. The molecule has 3 amide bonds. The van der Waals surface area contributed by atoms with Gasteiger partial charge in [0.2, 0.25) is 11.8 Å². The fraction of sp³-hybridized carbons (Fsp3) is 0.261. The molecule has 1 saturated heterocycles. The van der Waals surface area contributed by atoms with Crippen LogP contribution in [0.3, 0.4) is 0 Å². The van der Waals surface area contributed by atoms with Gasteiger partial charge in [-0.05, 0) is 61.1 Å². The van der Waals surface area contributed by atoms with E-state index in [-0.39, 0.29) is 41.4 Å². The largest absolute Gasteiger partial charge is 0.322 e. The van der Waals surface area contributed by atoms with Crippen molar-refractivity contribution in [3.63, 3.8) is 0 Å². The third-order valence-electron chi connectivity index (χ3n) is 6.25. The number of hydrogen-bond donors (Lipinski definition) is 1. The molecule has 28 heavy (non-hydrogen) atoms. The highest BCUT2D eigenvalue weighted by Crippen LogP contribution is 2.53. The second-order valence-corrected chi connectivity index (χ2v) is 7.83. The summed E-state index contributed by atoms with van der Waals surface area (Å²) < 4.78 is 0. The Labute approximate surface area is 163 Å². The zero-order chi connectivity index (χ0) is 19.4. The van der Waals surface area contributed by atoms with Gasteiger partial charge in [-0.1, -0.05) is 30.4 Å². The predicted molar refractivity (Wildman–Crippen MR) is 106 cm³/mol. The first-order chi connectivity index (χ1) is 13.5. The second kappa shape index (κ2) is 6.16. The van der Waals surface area contributed by atoms with E-state index >= 15 is 0 Å². The van der Waals surface area contributed by atoms with E-state index in [1.165, 1.54) is 4.90 Å². The monoisotopic (exact) mass is 372 g/mol. The number of imide groups is 1. The number of amides is 3. The third kappa shape index (κ3) is 2.43. The first-order valence-electron chi connectivity index (χ1n) is 9.58. The molecule has 0 radical (unpaired) electrons. The van der Waals surface area contributed by atoms with Gasteiger partial charge in [0.1, 0.15) is 0 Å². The number of para-hydroxylation sites is 1. The van der Waals surface area contributed by atoms with Gasteiger partial charge in [-0.25, -0.2) is 0 Å². The van der Waals surface area contributed by atoms with Crippen molar-refractivity contribution in [2.45, 2.75) is 13.3 Å². The summed E-state index contributed by atoms with van der Waals surface area (Å²) in [6.45, 7) is 1.93. The van der Waals surface area contributed by atoms with E-state index in [2.05, 4.69) is 17.5 Å². The summed E-state index contributed by atoms with van der Waals surface area (Å²) in [6.07, 6.45) is 5.08. The predicted octanol–water partition coefficient (Wildman–Crippen LogP) is 3.56. The molecule has 140 valence electrons. The quantitative estimate of drug-likeness (QED) is 0.662. The van der Waals surface area contributed by atoms with Gasteiger partial charge in [0.05, 0.1) is 17.5 Å². The lowest BCUT2D eigenvalue weighted by atomic mass is 9.85. The zero-order valence-electron chi connectivity index (χ0n) is 15.5. The van der Waals surface area contributed by atoms with Crippen LogP contribution >= 0.6 is 0 Å². The number of nitrogens with zero attached hydrogens (tertiary/aromatic N) is 1. The molecule has 5 nitrogen and oxygen atoms in total. The SMILES string of the molecule is Cc1ccccc1NC(=O)c1ccc(N2C(=O)[C@H]3[C@H](C2=O)[C@H]2C=C[C@H]3C2)cc1. The number of fused-ring (bicyclic) bond motifs is 5. The number of nitrogens with one attached hydrogen (secondary N) is 1. The Hall–Kier alpha value is -3.21. The molecule has 0 unspecified atom stereocenters. The number of carbonyl (C=O) groups excluding carboxylic acids is 3. The van der Waals surface area contributed by atoms with Crippen LogP contribution < -0.4 is 10.2 Å². The highest BCUT2D eigenvalue weighted by atomic mass is 16.2. The Morgan fingerprint density at radius 1 is 0.929 bits per heavy atom. The molecule has 2 aromatic carbocycles. The standard InChI is InChI=1S/C23H20N2O3/c1-13-4-2-3-5-18(13)24-21(26)14-8-10-17(11-9-14)25-22(27)19-15-6-7-16(12-15)20(19)23(25)28/h2-11,15-16,19-20H,12H2,1H3,(H,24,26)/t15-,16-,19+,20+/m0/s1. The van der Waals surface area contributed by atoms with Crippen molar-refractivity contribution in [2.24, 2.45) is 23.7 Å². The fourth-order valence-corrected chi connectivity index (χ4v) is 4.83. The molecule has 2 aromatic rings. The fourth-order valence-electron chi connectivity index (χ4n) is 4.83. The van der Waals surface area contributed by atoms with Crippen molar-refractivity contribution in [1.82, 2.24) is 0 Å². The van der Waals surface area contributed by atoms with E-state index in [1.54, 1.807) is 24.3 Å². The van der Waals surface area contributed by atoms with Crippen molar-refractivity contribution >= 4 is 29.1 Å². The first-order valence-corrected chi connectivity index (χ1v) is 9.58. The highest BCUT2D eigenvalue weighted by molar-refractivity contribution is 6.23. The summed E-state index contributed by atoms with van der Waals surface area (Å²) in [5.74, 6) is -0.490. The summed E-state index contributed by atoms with van der Waals surface area (Å²) in [6, 6.07) is 14.2. The van der Waals surface area contributed by atoms with Gasteiger partial charge < -0.3 is 5.32 Å². The number of aryl methyl sites for hydroxylation is 1. The van der Waals surface area contributed by atoms with E-state index < -0.39 is 0 Å². The lowest BCUT2D eigenvalue weighted by molar-refractivity contribution is -0.123. The molecular weight excluding hydrogens is 352 g/mol. The summed E-state index contributed by atoms with van der Waals surface area (Å²) in [4.78, 5) is 39.6. The van der Waals surface area contributed by atoms with Gasteiger partial charge in [0.25, 0.3) is 5.91 Å². The minimum absolute atomic E-state index is 0.107. The second-order valence-electron chi connectivity index (χ2n) is 7.83. The average molecular weight is 372 g/mol. The minimum Gasteiger partial charge on any atom is -0.322 e. The van der Waals surface area contributed by atoms with Gasteiger partial charge in [0.15, 0.2) is 0 Å². The van der Waals surface area contributed by atoms with Crippen LogP contribution in [0.4, 0.5) is 11.4 Å². The van der Waals surface area contributed by atoms with E-state index in [9.17, 15) is 14.4 Å². The van der Waals surface area contributed by atoms with Gasteiger partial charge in [-0.3, -0.25) is 19.3 Å². The molecule has 0 aromatic heterocycles. The molecule has 2 fully saturated rings. The van der Waals surface area contributed by atoms with Crippen LogP contribution in [-0.4, -0.2) is 17.7 Å². The summed E-state index contributed by atoms with van der Waals surface area (Å²) >= 11 is 0. The lowest BCUT2D eigenvalue weighted by Gasteiger charge is -2.17. The van der Waals surface area contributed by atoms with Crippen LogP contribution in [0.2, 0.25) is 0 Å². The number of anilines is 2. The Kier molecular flexibility index (Phi) is 3.72. The summed E-state index contributed by atoms with van der Waals surface area (Å²) in [5.41, 5.74) is 2.76. The molecule has 4 atom stereocenters. The number of hydrogen-bond acceptors (Lipinski definition) is 3. The van der Waals surface area contributed by atoms with Crippen molar-refractivity contribution in [3.05, 3.63) is 71.8 Å². The number of benzene rings is 2. The molecule has 0 spiro atoms. The first kappa shape index (κ1) is 16.9. The highest BCUT2D eigenvalue weighted by Gasteiger charge is 2.59. The van der Waals surface area contributed by atoms with E-state index in [0.717, 1.165) is 17.7 Å². The maximum atomic E-state index is 12.9. The smallest absolute Gasteiger partial charge is 0.255 e. The molecule has 1 N–H and O–H groups in total. The molecule has 3 aliphatic rings. The van der Waals surface area contributed by atoms with Gasteiger partial charge >= 0.3 is 0 Å². The maximum Gasteiger partial charge on any atom is 0.255 e. The maximum absolute atomic E-state index is 12.9. The molecule has 1 saturated carbocycles. The Morgan fingerprint density at radius 2 is 1.54 bits per heavy atom. The minimum atomic E-state index is -0.223. The van der Waals surface area contributed by atoms with Gasteiger partial charge in [-0.2, -0.15) is 0 Å². The van der Waals surface area contributed by atoms with Crippen molar-refractivity contribution < 1.29 is 14.4 Å². The van der Waals surface area contributed by atoms with E-state index in [0.29, 0.717) is 11.3 Å². The average Bonchev–Trinajstić information content (AvgIpc) is 3.38. The molecular formula is C23H20N2O3. The van der Waals surface area contributed by atoms with Crippen LogP contribution in [0.1, 0.15) is 22.3 Å². The molecule has 5 heteroatoms. The topological polar surface area (TPSA) is 66.5 Å². The lowest BCUT2D eigenvalue weighted by Crippen LogP contribution is -2.32. The summed E-state index contributed by atoms with van der Waals surface area (Å²) in [5, 5.41) is 2.89. The number of carbonyl (C=O) groups is 3. The summed E-state index contributed by atoms with van der Waals surface area (Å²) in [7, 11) is 0. The van der Waals surface area contributed by atoms with Crippen molar-refractivity contribution in [1.29, 1.82) is 0 Å². The molecule has 1 heterocycles. The van der Waals surface area contributed by atoms with Crippen molar-refractivity contribution in [2.75, 3.05) is 10.2 Å². The zero-order valence-corrected chi connectivity index (χ0v) is 15.5. The number of allylic oxidation sites excluding steroid dienone is 2.